The number of nitrogens with zero attached hydrogens (tertiary/aromatic N) is 1. The number of allylic oxidation sites excluding steroid dienone is 1. The van der Waals surface area contributed by atoms with Crippen LogP contribution in [0.15, 0.2) is 35.5 Å². The Morgan fingerprint density at radius 3 is 2.56 bits per heavy atom. The van der Waals surface area contributed by atoms with Gasteiger partial charge in [0.1, 0.15) is 11.9 Å². The number of halogens is 1. The average molecular weight is 248 g/mol. The summed E-state index contributed by atoms with van der Waals surface area (Å²) >= 11 is 0. The smallest absolute Gasteiger partial charge is 0.350 e. The van der Waals surface area contributed by atoms with Crippen LogP contribution < -0.4 is 5.32 Å². The zero-order valence-corrected chi connectivity index (χ0v) is 10.2. The fourth-order valence-electron chi connectivity index (χ4n) is 1.30. The number of rotatable bonds is 4. The van der Waals surface area contributed by atoms with Crippen molar-refractivity contribution in [3.05, 3.63) is 41.4 Å². The van der Waals surface area contributed by atoms with E-state index < -0.39 is 5.97 Å². The summed E-state index contributed by atoms with van der Waals surface area (Å²) in [5.41, 5.74) is 0.856. The SMILES string of the molecule is CCOC(=O)/C(C#N)=C(/C)Nc1ccc(F)cc1. The molecule has 0 aliphatic rings. The second kappa shape index (κ2) is 6.40. The first-order valence-electron chi connectivity index (χ1n) is 5.39. The van der Waals surface area contributed by atoms with Gasteiger partial charge < -0.3 is 10.1 Å². The molecule has 0 aliphatic heterocycles. The highest BCUT2D eigenvalue weighted by molar-refractivity contribution is 5.94. The minimum atomic E-state index is -0.674. The second-order valence-electron chi connectivity index (χ2n) is 3.46. The van der Waals surface area contributed by atoms with Crippen molar-refractivity contribution >= 4 is 11.7 Å². The van der Waals surface area contributed by atoms with Crippen LogP contribution in [0.3, 0.4) is 0 Å². The zero-order chi connectivity index (χ0) is 13.5. The maximum atomic E-state index is 12.7. The topological polar surface area (TPSA) is 62.1 Å². The monoisotopic (exact) mass is 248 g/mol. The van der Waals surface area contributed by atoms with Crippen LogP contribution in [0.2, 0.25) is 0 Å². The molecule has 1 rings (SSSR count). The number of ether oxygens (including phenoxy) is 1. The largest absolute Gasteiger partial charge is 0.462 e. The lowest BCUT2D eigenvalue weighted by Gasteiger charge is -2.08. The molecule has 1 aromatic carbocycles. The molecule has 94 valence electrons. The Labute approximate surface area is 105 Å². The van der Waals surface area contributed by atoms with Crippen LogP contribution in [-0.2, 0) is 9.53 Å². The van der Waals surface area contributed by atoms with Gasteiger partial charge in [-0.05, 0) is 38.1 Å². The molecule has 18 heavy (non-hydrogen) atoms. The minimum Gasteiger partial charge on any atom is -0.462 e. The van der Waals surface area contributed by atoms with E-state index in [0.717, 1.165) is 0 Å². The van der Waals surface area contributed by atoms with E-state index in [1.165, 1.54) is 24.3 Å². The second-order valence-corrected chi connectivity index (χ2v) is 3.46. The molecule has 4 nitrogen and oxygen atoms in total. The van der Waals surface area contributed by atoms with Gasteiger partial charge >= 0.3 is 5.97 Å². The number of carbonyl (C=O) groups excluding carboxylic acids is 1. The molecule has 0 saturated carbocycles. The van der Waals surface area contributed by atoms with Crippen molar-refractivity contribution in [2.45, 2.75) is 13.8 Å². The minimum absolute atomic E-state index is 0.0961. The van der Waals surface area contributed by atoms with Gasteiger partial charge in [0.15, 0.2) is 5.57 Å². The summed E-state index contributed by atoms with van der Waals surface area (Å²) in [5.74, 6) is -1.03. The Balaban J connectivity index is 2.90. The molecule has 5 heteroatoms. The number of hydrogen-bond donors (Lipinski definition) is 1. The zero-order valence-electron chi connectivity index (χ0n) is 10.2. The Kier molecular flexibility index (Phi) is 4.88. The highest BCUT2D eigenvalue weighted by atomic mass is 19.1. The first kappa shape index (κ1) is 13.7. The Bertz CT molecular complexity index is 501. The Hall–Kier alpha value is -2.35. The normalized spacial score (nSPS) is 11.2. The molecule has 1 N–H and O–H groups in total. The van der Waals surface area contributed by atoms with Gasteiger partial charge in [-0.25, -0.2) is 9.18 Å². The molecule has 1 aromatic rings. The summed E-state index contributed by atoms with van der Waals surface area (Å²) < 4.78 is 17.5. The predicted molar refractivity (Wildman–Crippen MR) is 65.0 cm³/mol. The van der Waals surface area contributed by atoms with E-state index in [2.05, 4.69) is 5.32 Å². The van der Waals surface area contributed by atoms with Crippen LogP contribution in [0.25, 0.3) is 0 Å². The molecule has 0 radical (unpaired) electrons. The molecular weight excluding hydrogens is 235 g/mol. The standard InChI is InChI=1S/C13H13FN2O2/c1-3-18-13(17)12(8-15)9(2)16-11-6-4-10(14)5-7-11/h4-7,16H,3H2,1-2H3/b12-9-. The van der Waals surface area contributed by atoms with Gasteiger partial charge in [-0.15, -0.1) is 0 Å². The number of carbonyl (C=O) groups is 1. The third kappa shape index (κ3) is 3.59. The average Bonchev–Trinajstić information content (AvgIpc) is 2.33. The van der Waals surface area contributed by atoms with Gasteiger partial charge in [-0.1, -0.05) is 0 Å². The first-order chi connectivity index (χ1) is 8.58. The van der Waals surface area contributed by atoms with Crippen LogP contribution in [0, 0.1) is 17.1 Å². The Morgan fingerprint density at radius 1 is 1.44 bits per heavy atom. The lowest BCUT2D eigenvalue weighted by atomic mass is 10.2. The van der Waals surface area contributed by atoms with Crippen LogP contribution in [0.5, 0.6) is 0 Å². The summed E-state index contributed by atoms with van der Waals surface area (Å²) in [4.78, 5) is 11.5. The van der Waals surface area contributed by atoms with Gasteiger partial charge in [0, 0.05) is 11.4 Å². The molecule has 0 atom stereocenters. The van der Waals surface area contributed by atoms with Crippen molar-refractivity contribution in [1.29, 1.82) is 5.26 Å². The van der Waals surface area contributed by atoms with Crippen molar-refractivity contribution in [3.63, 3.8) is 0 Å². The van der Waals surface area contributed by atoms with E-state index in [4.69, 9.17) is 10.00 Å². The van der Waals surface area contributed by atoms with E-state index >= 15 is 0 Å². The van der Waals surface area contributed by atoms with Gasteiger partial charge in [-0.3, -0.25) is 0 Å². The molecule has 0 heterocycles. The molecule has 0 fully saturated rings. The van der Waals surface area contributed by atoms with Crippen molar-refractivity contribution in [2.24, 2.45) is 0 Å². The third-order valence-corrected chi connectivity index (χ3v) is 2.14. The van der Waals surface area contributed by atoms with Crippen LogP contribution in [0.4, 0.5) is 10.1 Å². The van der Waals surface area contributed by atoms with Gasteiger partial charge in [0.25, 0.3) is 0 Å². The first-order valence-corrected chi connectivity index (χ1v) is 5.39. The van der Waals surface area contributed by atoms with E-state index in [9.17, 15) is 9.18 Å². The summed E-state index contributed by atoms with van der Waals surface area (Å²) in [6.07, 6.45) is 0. The summed E-state index contributed by atoms with van der Waals surface area (Å²) in [6.45, 7) is 3.45. The lowest BCUT2D eigenvalue weighted by molar-refractivity contribution is -0.138. The van der Waals surface area contributed by atoms with Gasteiger partial charge in [0.2, 0.25) is 0 Å². The predicted octanol–water partition coefficient (Wildman–Crippen LogP) is 2.60. The van der Waals surface area contributed by atoms with E-state index in [1.54, 1.807) is 19.9 Å². The number of nitrogens with one attached hydrogen (secondary N) is 1. The molecular formula is C13H13FN2O2. The fourth-order valence-corrected chi connectivity index (χ4v) is 1.30. The summed E-state index contributed by atoms with van der Waals surface area (Å²) in [5, 5.41) is 11.8. The number of hydrogen-bond acceptors (Lipinski definition) is 4. The van der Waals surface area contributed by atoms with Crippen LogP contribution in [0.1, 0.15) is 13.8 Å². The van der Waals surface area contributed by atoms with Crippen molar-refractivity contribution in [1.82, 2.24) is 0 Å². The molecule has 0 saturated heterocycles. The third-order valence-electron chi connectivity index (χ3n) is 2.14. The number of nitriles is 1. The molecule has 0 amide bonds. The van der Waals surface area contributed by atoms with Crippen LogP contribution >= 0.6 is 0 Å². The van der Waals surface area contributed by atoms with Crippen LogP contribution in [-0.4, -0.2) is 12.6 Å². The highest BCUT2D eigenvalue weighted by Crippen LogP contribution is 2.13. The maximum Gasteiger partial charge on any atom is 0.350 e. The molecule has 0 bridgehead atoms. The Morgan fingerprint density at radius 2 is 2.06 bits per heavy atom. The van der Waals surface area contributed by atoms with E-state index in [0.29, 0.717) is 11.4 Å². The van der Waals surface area contributed by atoms with Gasteiger partial charge in [0.05, 0.1) is 6.61 Å². The highest BCUT2D eigenvalue weighted by Gasteiger charge is 2.13. The summed E-state index contributed by atoms with van der Waals surface area (Å²) in [6, 6.07) is 7.38. The van der Waals surface area contributed by atoms with Crippen molar-refractivity contribution < 1.29 is 13.9 Å². The van der Waals surface area contributed by atoms with E-state index in [-0.39, 0.29) is 18.0 Å². The molecule has 0 aliphatic carbocycles. The maximum absolute atomic E-state index is 12.7. The molecule has 0 spiro atoms. The number of anilines is 1. The molecule has 0 aromatic heterocycles. The number of esters is 1. The fraction of sp³-hybridized carbons (Fsp3) is 0.231. The number of benzene rings is 1. The van der Waals surface area contributed by atoms with Crippen molar-refractivity contribution in [3.8, 4) is 6.07 Å². The van der Waals surface area contributed by atoms with Gasteiger partial charge in [-0.2, -0.15) is 5.26 Å². The van der Waals surface area contributed by atoms with E-state index in [1.807, 2.05) is 0 Å². The quantitative estimate of drug-likeness (QED) is 0.505. The lowest BCUT2D eigenvalue weighted by Crippen LogP contribution is -2.11. The summed E-state index contributed by atoms with van der Waals surface area (Å²) in [7, 11) is 0. The molecule has 0 unspecified atom stereocenters. The van der Waals surface area contributed by atoms with Crippen molar-refractivity contribution in [2.75, 3.05) is 11.9 Å².